The second-order valence-electron chi connectivity index (χ2n) is 3.69. The van der Waals surface area contributed by atoms with Crippen LogP contribution in [0.5, 0.6) is 0 Å². The third-order valence-electron chi connectivity index (χ3n) is 2.13. The Morgan fingerprint density at radius 3 is 2.16 bits per heavy atom. The molecule has 0 aromatic heterocycles. The summed E-state index contributed by atoms with van der Waals surface area (Å²) < 4.78 is 1.32. The lowest BCUT2D eigenvalue weighted by molar-refractivity contribution is -0.140. The number of hydrogen-bond acceptors (Lipinski definition) is 3. The first-order valence-corrected chi connectivity index (χ1v) is 6.66. The number of primary amides is 1. The fourth-order valence-electron chi connectivity index (χ4n) is 1.33. The highest BCUT2D eigenvalue weighted by molar-refractivity contribution is 9.11. The first-order chi connectivity index (χ1) is 8.79. The lowest BCUT2D eigenvalue weighted by atomic mass is 10.1. The fraction of sp³-hybridized carbons (Fsp3) is 0.182. The summed E-state index contributed by atoms with van der Waals surface area (Å²) in [6.45, 7) is 0. The van der Waals surface area contributed by atoms with Crippen LogP contribution in [0, 0.1) is 0 Å². The number of carbonyl (C=O) groups is 3. The third kappa shape index (κ3) is 4.99. The van der Waals surface area contributed by atoms with Gasteiger partial charge in [0, 0.05) is 14.5 Å². The van der Waals surface area contributed by atoms with Gasteiger partial charge in [0.05, 0.1) is 6.42 Å². The van der Waals surface area contributed by atoms with Crippen LogP contribution >= 0.6 is 31.9 Å². The summed E-state index contributed by atoms with van der Waals surface area (Å²) in [6.07, 6.45) is -0.462. The van der Waals surface area contributed by atoms with Gasteiger partial charge in [-0.05, 0) is 18.2 Å². The average molecular weight is 394 g/mol. The molecule has 0 spiro atoms. The van der Waals surface area contributed by atoms with Gasteiger partial charge in [-0.25, -0.2) is 4.79 Å². The zero-order valence-corrected chi connectivity index (χ0v) is 12.7. The monoisotopic (exact) mass is 392 g/mol. The Kier molecular flexibility index (Phi) is 5.49. The minimum atomic E-state index is -1.34. The van der Waals surface area contributed by atoms with Crippen LogP contribution in [0.1, 0.15) is 16.8 Å². The molecule has 0 aliphatic rings. The smallest absolute Gasteiger partial charge is 0.326 e. The van der Waals surface area contributed by atoms with Crippen LogP contribution in [0.15, 0.2) is 27.1 Å². The lowest BCUT2D eigenvalue weighted by Crippen LogP contribution is -2.43. The molecule has 19 heavy (non-hydrogen) atoms. The fourth-order valence-corrected chi connectivity index (χ4v) is 2.62. The van der Waals surface area contributed by atoms with Gasteiger partial charge in [0.2, 0.25) is 5.91 Å². The predicted molar refractivity (Wildman–Crippen MR) is 74.5 cm³/mol. The van der Waals surface area contributed by atoms with Crippen LogP contribution in [0.25, 0.3) is 0 Å². The van der Waals surface area contributed by atoms with E-state index >= 15 is 0 Å². The molecule has 6 nitrogen and oxygen atoms in total. The molecule has 0 aliphatic heterocycles. The van der Waals surface area contributed by atoms with Crippen molar-refractivity contribution in [3.63, 3.8) is 0 Å². The van der Waals surface area contributed by atoms with Crippen molar-refractivity contribution in [2.75, 3.05) is 0 Å². The second-order valence-corrected chi connectivity index (χ2v) is 5.52. The van der Waals surface area contributed by atoms with E-state index in [9.17, 15) is 14.4 Å². The maximum atomic E-state index is 11.9. The van der Waals surface area contributed by atoms with Crippen LogP contribution in [-0.4, -0.2) is 28.9 Å². The second kappa shape index (κ2) is 6.67. The summed E-state index contributed by atoms with van der Waals surface area (Å²) in [5.74, 6) is -2.72. The molecular weight excluding hydrogens is 384 g/mol. The minimum absolute atomic E-state index is 0.261. The molecule has 0 saturated carbocycles. The number of aliphatic carboxylic acids is 1. The van der Waals surface area contributed by atoms with Crippen LogP contribution < -0.4 is 11.1 Å². The molecule has 102 valence electrons. The van der Waals surface area contributed by atoms with Gasteiger partial charge in [0.25, 0.3) is 5.91 Å². The Bertz CT molecular complexity index is 513. The van der Waals surface area contributed by atoms with E-state index in [2.05, 4.69) is 37.2 Å². The van der Waals surface area contributed by atoms with Crippen LogP contribution in [0.3, 0.4) is 0 Å². The van der Waals surface area contributed by atoms with Gasteiger partial charge in [-0.15, -0.1) is 0 Å². The normalized spacial score (nSPS) is 11.7. The largest absolute Gasteiger partial charge is 0.480 e. The standard InChI is InChI=1S/C11H10Br2N2O4/c12-6-1-5(2-7(13)3-6)10(17)15-8(11(18)19)4-9(14)16/h1-3,8H,4H2,(H2,14,16)(H,15,17)(H,18,19)/t8-/m0/s1. The SMILES string of the molecule is NC(=O)C[C@H](NC(=O)c1cc(Br)cc(Br)c1)C(=O)O. The number of carboxylic acid groups (broad SMARTS) is 1. The van der Waals surface area contributed by atoms with E-state index in [1.54, 1.807) is 6.07 Å². The average Bonchev–Trinajstić information content (AvgIpc) is 2.25. The third-order valence-corrected chi connectivity index (χ3v) is 3.05. The van der Waals surface area contributed by atoms with E-state index < -0.39 is 30.2 Å². The van der Waals surface area contributed by atoms with E-state index in [4.69, 9.17) is 10.8 Å². The van der Waals surface area contributed by atoms with E-state index in [-0.39, 0.29) is 5.56 Å². The van der Waals surface area contributed by atoms with Crippen molar-refractivity contribution in [1.29, 1.82) is 0 Å². The molecule has 1 aromatic rings. The first-order valence-electron chi connectivity index (χ1n) is 5.07. The van der Waals surface area contributed by atoms with Crippen molar-refractivity contribution in [1.82, 2.24) is 5.32 Å². The molecule has 8 heteroatoms. The quantitative estimate of drug-likeness (QED) is 0.699. The van der Waals surface area contributed by atoms with Gasteiger partial charge in [-0.2, -0.15) is 0 Å². The summed E-state index contributed by atoms with van der Waals surface area (Å²) >= 11 is 6.43. The van der Waals surface area contributed by atoms with Gasteiger partial charge in [-0.3, -0.25) is 9.59 Å². The van der Waals surface area contributed by atoms with Crippen molar-refractivity contribution in [2.45, 2.75) is 12.5 Å². The highest BCUT2D eigenvalue weighted by atomic mass is 79.9. The molecule has 4 N–H and O–H groups in total. The molecule has 0 radical (unpaired) electrons. The van der Waals surface area contributed by atoms with Gasteiger partial charge in [-0.1, -0.05) is 31.9 Å². The van der Waals surface area contributed by atoms with Gasteiger partial charge >= 0.3 is 5.97 Å². The van der Waals surface area contributed by atoms with E-state index in [0.717, 1.165) is 0 Å². The summed E-state index contributed by atoms with van der Waals surface area (Å²) in [5.41, 5.74) is 5.19. The molecule has 0 unspecified atom stereocenters. The number of nitrogens with two attached hydrogens (primary N) is 1. The van der Waals surface area contributed by atoms with E-state index in [1.807, 2.05) is 0 Å². The van der Waals surface area contributed by atoms with Crippen molar-refractivity contribution < 1.29 is 19.5 Å². The zero-order chi connectivity index (χ0) is 14.6. The maximum absolute atomic E-state index is 11.9. The van der Waals surface area contributed by atoms with Crippen molar-refractivity contribution in [2.24, 2.45) is 5.73 Å². The molecule has 0 bridgehead atoms. The first kappa shape index (κ1) is 15.6. The Morgan fingerprint density at radius 2 is 1.74 bits per heavy atom. The molecule has 0 heterocycles. The zero-order valence-electron chi connectivity index (χ0n) is 9.52. The number of carbonyl (C=O) groups excluding carboxylic acids is 2. The highest BCUT2D eigenvalue weighted by Gasteiger charge is 2.22. The van der Waals surface area contributed by atoms with Crippen LogP contribution in [-0.2, 0) is 9.59 Å². The van der Waals surface area contributed by atoms with E-state index in [1.165, 1.54) is 12.1 Å². The number of carboxylic acids is 1. The van der Waals surface area contributed by atoms with Gasteiger partial charge < -0.3 is 16.2 Å². The van der Waals surface area contributed by atoms with Crippen molar-refractivity contribution in [3.8, 4) is 0 Å². The number of rotatable bonds is 5. The maximum Gasteiger partial charge on any atom is 0.326 e. The number of nitrogens with one attached hydrogen (secondary N) is 1. The molecule has 1 rings (SSSR count). The van der Waals surface area contributed by atoms with Crippen molar-refractivity contribution in [3.05, 3.63) is 32.7 Å². The summed E-state index contributed by atoms with van der Waals surface area (Å²) in [5, 5.41) is 11.1. The summed E-state index contributed by atoms with van der Waals surface area (Å²) in [6, 6.07) is 3.45. The van der Waals surface area contributed by atoms with Crippen molar-refractivity contribution >= 4 is 49.6 Å². The number of amides is 2. The molecule has 0 fully saturated rings. The number of benzene rings is 1. The molecule has 1 aromatic carbocycles. The van der Waals surface area contributed by atoms with Crippen LogP contribution in [0.4, 0.5) is 0 Å². The molecule has 2 amide bonds. The molecular formula is C11H10Br2N2O4. The summed E-state index contributed by atoms with van der Waals surface area (Å²) in [4.78, 5) is 33.5. The van der Waals surface area contributed by atoms with Gasteiger partial charge in [0.15, 0.2) is 0 Å². The highest BCUT2D eigenvalue weighted by Crippen LogP contribution is 2.20. The van der Waals surface area contributed by atoms with E-state index in [0.29, 0.717) is 8.95 Å². The van der Waals surface area contributed by atoms with Gasteiger partial charge in [0.1, 0.15) is 6.04 Å². The number of halogens is 2. The Hall–Kier alpha value is -1.41. The number of hydrogen-bond donors (Lipinski definition) is 3. The lowest BCUT2D eigenvalue weighted by Gasteiger charge is -2.13. The molecule has 0 saturated heterocycles. The molecule has 1 atom stereocenters. The Morgan fingerprint density at radius 1 is 1.21 bits per heavy atom. The topological polar surface area (TPSA) is 109 Å². The van der Waals surface area contributed by atoms with Crippen LogP contribution in [0.2, 0.25) is 0 Å². The molecule has 0 aliphatic carbocycles. The Balaban J connectivity index is 2.87. The minimum Gasteiger partial charge on any atom is -0.480 e. The predicted octanol–water partition coefficient (Wildman–Crippen LogP) is 1.27. The Labute approximate surface area is 125 Å². The summed E-state index contributed by atoms with van der Waals surface area (Å²) in [7, 11) is 0.